The molecule has 3 aromatic carbocycles. The van der Waals surface area contributed by atoms with Gasteiger partial charge in [0.05, 0.1) is 41.7 Å². The maximum Gasteiger partial charge on any atom is 0.261 e. The fraction of sp³-hybridized carbons (Fsp3) is 0.345. The number of ether oxygens (including phenoxy) is 2. The van der Waals surface area contributed by atoms with Gasteiger partial charge in [-0.25, -0.2) is 16.8 Å². The summed E-state index contributed by atoms with van der Waals surface area (Å²) in [7, 11) is -4.87. The number of methoxy groups -OCH3 is 1. The van der Waals surface area contributed by atoms with Gasteiger partial charge in [-0.05, 0) is 61.5 Å². The van der Waals surface area contributed by atoms with Crippen LogP contribution in [0.15, 0.2) is 82.6 Å². The van der Waals surface area contributed by atoms with Gasteiger partial charge in [-0.3, -0.25) is 9.52 Å². The first-order valence-electron chi connectivity index (χ1n) is 13.3. The van der Waals surface area contributed by atoms with Gasteiger partial charge in [0.15, 0.2) is 0 Å². The molecule has 0 saturated carbocycles. The number of nitrogens with zero attached hydrogens (tertiary/aromatic N) is 2. The molecule has 0 radical (unpaired) electrons. The predicted octanol–water partition coefficient (Wildman–Crippen LogP) is 3.04. The number of carbonyl (C=O) groups excluding carboxylic acids is 1. The minimum Gasteiger partial charge on any atom is -0.497 e. The highest BCUT2D eigenvalue weighted by molar-refractivity contribution is 7.92. The van der Waals surface area contributed by atoms with E-state index < -0.39 is 38.1 Å². The zero-order chi connectivity index (χ0) is 30.7. The molecule has 0 aromatic heterocycles. The molecule has 3 atom stereocenters. The predicted molar refractivity (Wildman–Crippen MR) is 158 cm³/mol. The molecular weight excluding hydrogens is 582 g/mol. The van der Waals surface area contributed by atoms with Crippen LogP contribution in [0.5, 0.6) is 11.5 Å². The molecule has 0 spiro atoms. The van der Waals surface area contributed by atoms with Crippen LogP contribution < -0.4 is 14.2 Å². The van der Waals surface area contributed by atoms with E-state index in [0.29, 0.717) is 5.75 Å². The quantitative estimate of drug-likeness (QED) is 0.354. The summed E-state index contributed by atoms with van der Waals surface area (Å²) in [5, 5.41) is 9.90. The second kappa shape index (κ2) is 12.7. The van der Waals surface area contributed by atoms with Gasteiger partial charge in [-0.2, -0.15) is 4.31 Å². The number of hydrogen-bond donors (Lipinski definition) is 2. The number of aliphatic hydroxyl groups excluding tert-OH is 1. The lowest BCUT2D eigenvalue weighted by atomic mass is 9.99. The first-order chi connectivity index (χ1) is 19.9. The van der Waals surface area contributed by atoms with E-state index in [9.17, 15) is 26.7 Å². The summed E-state index contributed by atoms with van der Waals surface area (Å²) < 4.78 is 67.6. The van der Waals surface area contributed by atoms with Crippen molar-refractivity contribution in [2.24, 2.45) is 5.92 Å². The molecule has 3 aromatic rings. The summed E-state index contributed by atoms with van der Waals surface area (Å²) in [6.07, 6.45) is -0.671. The van der Waals surface area contributed by atoms with Crippen LogP contribution in [0.1, 0.15) is 24.2 Å². The first kappa shape index (κ1) is 31.3. The van der Waals surface area contributed by atoms with Crippen LogP contribution in [0.2, 0.25) is 0 Å². The highest BCUT2D eigenvalue weighted by Gasteiger charge is 2.35. The molecule has 1 heterocycles. The molecule has 1 aliphatic heterocycles. The molecule has 0 unspecified atom stereocenters. The number of nitrogens with one attached hydrogen (secondary N) is 1. The number of carbonyl (C=O) groups is 1. The van der Waals surface area contributed by atoms with E-state index in [0.717, 1.165) is 0 Å². The third-order valence-corrected chi connectivity index (χ3v) is 10.4. The number of sulfonamides is 2. The molecule has 11 nitrogen and oxygen atoms in total. The molecule has 0 bridgehead atoms. The minimum atomic E-state index is -4.00. The maximum atomic E-state index is 13.7. The molecule has 0 fully saturated rings. The van der Waals surface area contributed by atoms with E-state index in [4.69, 9.17) is 9.47 Å². The Morgan fingerprint density at radius 3 is 2.33 bits per heavy atom. The van der Waals surface area contributed by atoms with E-state index in [1.165, 1.54) is 78.0 Å². The van der Waals surface area contributed by atoms with E-state index in [1.54, 1.807) is 25.1 Å². The van der Waals surface area contributed by atoms with Crippen LogP contribution in [0.4, 0.5) is 5.69 Å². The molecule has 2 N–H and O–H groups in total. The van der Waals surface area contributed by atoms with Crippen molar-refractivity contribution in [3.8, 4) is 11.5 Å². The highest BCUT2D eigenvalue weighted by atomic mass is 32.2. The zero-order valence-corrected chi connectivity index (χ0v) is 25.4. The van der Waals surface area contributed by atoms with Crippen molar-refractivity contribution >= 4 is 31.6 Å². The number of benzene rings is 3. The number of aliphatic hydroxyl groups is 1. The van der Waals surface area contributed by atoms with Crippen LogP contribution in [0, 0.1) is 5.92 Å². The summed E-state index contributed by atoms with van der Waals surface area (Å²) in [5.74, 6) is -0.100. The van der Waals surface area contributed by atoms with Gasteiger partial charge in [0.2, 0.25) is 10.0 Å². The van der Waals surface area contributed by atoms with Crippen molar-refractivity contribution in [3.05, 3.63) is 78.4 Å². The Morgan fingerprint density at radius 1 is 1.05 bits per heavy atom. The van der Waals surface area contributed by atoms with Crippen molar-refractivity contribution in [2.45, 2.75) is 35.8 Å². The maximum absolute atomic E-state index is 13.7. The molecule has 0 saturated heterocycles. The van der Waals surface area contributed by atoms with E-state index in [2.05, 4.69) is 4.72 Å². The largest absolute Gasteiger partial charge is 0.497 e. The monoisotopic (exact) mass is 617 g/mol. The molecule has 226 valence electrons. The summed E-state index contributed by atoms with van der Waals surface area (Å²) in [6, 6.07) is 17.7. The Hall–Kier alpha value is -3.65. The van der Waals surface area contributed by atoms with Gasteiger partial charge in [0.25, 0.3) is 15.9 Å². The van der Waals surface area contributed by atoms with Gasteiger partial charge in [0.1, 0.15) is 17.6 Å². The van der Waals surface area contributed by atoms with Gasteiger partial charge in [-0.15, -0.1) is 0 Å². The van der Waals surface area contributed by atoms with Crippen LogP contribution in [0.25, 0.3) is 0 Å². The Morgan fingerprint density at radius 2 is 1.71 bits per heavy atom. The number of anilines is 1. The Labute approximate surface area is 246 Å². The second-order valence-corrected chi connectivity index (χ2v) is 13.9. The normalized spacial score (nSPS) is 18.4. The van der Waals surface area contributed by atoms with Crippen LogP contribution in [0.3, 0.4) is 0 Å². The Bertz CT molecular complexity index is 1610. The molecule has 1 aliphatic rings. The molecule has 4 rings (SSSR count). The SMILES string of the molecule is COc1ccc(S(=O)(=O)Nc2ccc3c(c2)C(=O)N([C@H](C)CO)C[C@@H](C)[C@H](CN(C)S(=O)(=O)c2ccccc2)O3)cc1. The van der Waals surface area contributed by atoms with Crippen molar-refractivity contribution in [3.63, 3.8) is 0 Å². The first-order valence-corrected chi connectivity index (χ1v) is 16.2. The molecule has 1 amide bonds. The Kier molecular flexibility index (Phi) is 9.46. The smallest absolute Gasteiger partial charge is 0.261 e. The van der Waals surface area contributed by atoms with E-state index >= 15 is 0 Å². The highest BCUT2D eigenvalue weighted by Crippen LogP contribution is 2.32. The second-order valence-electron chi connectivity index (χ2n) is 10.2. The third-order valence-electron chi connectivity index (χ3n) is 7.18. The molecule has 42 heavy (non-hydrogen) atoms. The lowest BCUT2D eigenvalue weighted by Crippen LogP contribution is -2.50. The summed E-state index contributed by atoms with van der Waals surface area (Å²) in [5.41, 5.74) is 0.211. The summed E-state index contributed by atoms with van der Waals surface area (Å²) in [4.78, 5) is 15.3. The van der Waals surface area contributed by atoms with Gasteiger partial charge >= 0.3 is 0 Å². The van der Waals surface area contributed by atoms with E-state index in [1.807, 2.05) is 6.92 Å². The number of likely N-dealkylation sites (N-methyl/N-ethyl adjacent to an activating group) is 1. The molecule has 13 heteroatoms. The van der Waals surface area contributed by atoms with Crippen molar-refractivity contribution in [1.82, 2.24) is 9.21 Å². The van der Waals surface area contributed by atoms with Gasteiger partial charge in [-0.1, -0.05) is 25.1 Å². The third kappa shape index (κ3) is 6.70. The minimum absolute atomic E-state index is 0.00435. The molecular formula is C29H35N3O8S2. The number of hydrogen-bond acceptors (Lipinski definition) is 8. The van der Waals surface area contributed by atoms with Crippen molar-refractivity contribution < 1.29 is 36.2 Å². The fourth-order valence-electron chi connectivity index (χ4n) is 4.60. The zero-order valence-electron chi connectivity index (χ0n) is 23.8. The van der Waals surface area contributed by atoms with Crippen LogP contribution in [-0.2, 0) is 20.0 Å². The van der Waals surface area contributed by atoms with Crippen molar-refractivity contribution in [1.29, 1.82) is 0 Å². The summed E-state index contributed by atoms with van der Waals surface area (Å²) in [6.45, 7) is 3.40. The van der Waals surface area contributed by atoms with Crippen molar-refractivity contribution in [2.75, 3.05) is 38.6 Å². The lowest BCUT2D eigenvalue weighted by Gasteiger charge is -2.38. The summed E-state index contributed by atoms with van der Waals surface area (Å²) >= 11 is 0. The Balaban J connectivity index is 1.67. The number of amides is 1. The number of fused-ring (bicyclic) bond motifs is 1. The lowest BCUT2D eigenvalue weighted by molar-refractivity contribution is 0.0387. The molecule has 0 aliphatic carbocycles. The average Bonchev–Trinajstić information content (AvgIpc) is 2.99. The topological polar surface area (TPSA) is 143 Å². The van der Waals surface area contributed by atoms with Gasteiger partial charge in [0, 0.05) is 25.2 Å². The standard InChI is InChI=1S/C29H35N3O8S2/c1-20-17-32(21(2)19-33)29(34)26-16-22(30-41(35,36)24-13-11-23(39-4)12-14-24)10-15-27(26)40-28(20)18-31(3)42(37,38)25-8-6-5-7-9-25/h5-16,20-21,28,30,33H,17-19H2,1-4H3/t20-,21-,28+/m1/s1. The van der Waals surface area contributed by atoms with Crippen LogP contribution >= 0.6 is 0 Å². The van der Waals surface area contributed by atoms with E-state index in [-0.39, 0.29) is 52.4 Å². The fourth-order valence-corrected chi connectivity index (χ4v) is 6.85. The average molecular weight is 618 g/mol. The van der Waals surface area contributed by atoms with Gasteiger partial charge < -0.3 is 19.5 Å². The van der Waals surface area contributed by atoms with Crippen LogP contribution in [-0.4, -0.2) is 83.1 Å². The number of rotatable bonds is 10.